The molecule has 1 amide bonds. The zero-order chi connectivity index (χ0) is 27.2. The van der Waals surface area contributed by atoms with Gasteiger partial charge in [0.2, 0.25) is 5.82 Å². The predicted octanol–water partition coefficient (Wildman–Crippen LogP) is 6.04. The Labute approximate surface area is 225 Å². The first-order valence-electron chi connectivity index (χ1n) is 13.2. The maximum absolute atomic E-state index is 12.9. The van der Waals surface area contributed by atoms with Crippen molar-refractivity contribution < 1.29 is 24.2 Å². The molecule has 1 aliphatic carbocycles. The summed E-state index contributed by atoms with van der Waals surface area (Å²) in [7, 11) is 0. The van der Waals surface area contributed by atoms with Crippen molar-refractivity contribution in [2.24, 2.45) is 0 Å². The van der Waals surface area contributed by atoms with Crippen LogP contribution in [0.15, 0.2) is 60.7 Å². The third kappa shape index (κ3) is 6.00. The normalized spacial score (nSPS) is 14.6. The fourth-order valence-electron chi connectivity index (χ4n) is 5.41. The van der Waals surface area contributed by atoms with Crippen LogP contribution in [0.25, 0.3) is 33.3 Å². The first-order chi connectivity index (χ1) is 19.0. The molecule has 10 heteroatoms. The first-order valence-corrected chi connectivity index (χ1v) is 13.2. The molecule has 0 saturated heterocycles. The van der Waals surface area contributed by atoms with Crippen LogP contribution in [0.2, 0.25) is 0 Å². The van der Waals surface area contributed by atoms with E-state index in [9.17, 15) is 14.7 Å². The maximum Gasteiger partial charge on any atom is 0.506 e. The second-order valence-corrected chi connectivity index (χ2v) is 9.84. The summed E-state index contributed by atoms with van der Waals surface area (Å²) >= 11 is 0. The van der Waals surface area contributed by atoms with Crippen LogP contribution in [-0.2, 0) is 16.0 Å². The number of ether oxygens (including phenoxy) is 2. The Morgan fingerprint density at radius 1 is 1.00 bits per heavy atom. The number of aromatic amines is 1. The number of nitrogens with zero attached hydrogens (tertiary/aromatic N) is 4. The van der Waals surface area contributed by atoms with Crippen molar-refractivity contribution in [3.8, 4) is 22.5 Å². The Morgan fingerprint density at radius 2 is 1.74 bits per heavy atom. The van der Waals surface area contributed by atoms with E-state index < -0.39 is 17.8 Å². The van der Waals surface area contributed by atoms with E-state index in [4.69, 9.17) is 9.47 Å². The zero-order valence-electron chi connectivity index (χ0n) is 21.8. The lowest BCUT2D eigenvalue weighted by molar-refractivity contribution is -0.0599. The summed E-state index contributed by atoms with van der Waals surface area (Å²) in [5.74, 6) is 0.530. The Kier molecular flexibility index (Phi) is 7.72. The van der Waals surface area contributed by atoms with Crippen LogP contribution < -0.4 is 0 Å². The van der Waals surface area contributed by atoms with E-state index in [1.165, 1.54) is 0 Å². The SMILES string of the molecule is CCOC(=O)N(Cc1ccc2cc(-c3ccccc3-c3nn[nH]n3)ccc2c1)CC1(OC(=O)O)CCCCC1. The summed E-state index contributed by atoms with van der Waals surface area (Å²) in [6, 6.07) is 20.2. The molecular formula is C29H31N5O5. The Hall–Kier alpha value is -4.47. The molecule has 0 radical (unpaired) electrons. The van der Waals surface area contributed by atoms with Gasteiger partial charge in [0.05, 0.1) is 13.2 Å². The van der Waals surface area contributed by atoms with Gasteiger partial charge in [0.1, 0.15) is 5.60 Å². The summed E-state index contributed by atoms with van der Waals surface area (Å²) in [4.78, 5) is 26.0. The smallest absolute Gasteiger partial charge is 0.450 e. The van der Waals surface area contributed by atoms with Gasteiger partial charge in [-0.1, -0.05) is 55.0 Å². The van der Waals surface area contributed by atoms with Crippen LogP contribution in [0.3, 0.4) is 0 Å². The topological polar surface area (TPSA) is 131 Å². The number of aromatic nitrogens is 4. The van der Waals surface area contributed by atoms with Gasteiger partial charge in [0, 0.05) is 12.1 Å². The lowest BCUT2D eigenvalue weighted by Crippen LogP contribution is -2.49. The van der Waals surface area contributed by atoms with Gasteiger partial charge in [-0.15, -0.1) is 10.2 Å². The maximum atomic E-state index is 12.9. The van der Waals surface area contributed by atoms with Crippen LogP contribution >= 0.6 is 0 Å². The molecule has 5 rings (SSSR count). The monoisotopic (exact) mass is 529 g/mol. The average Bonchev–Trinajstić information content (AvgIpc) is 3.48. The summed E-state index contributed by atoms with van der Waals surface area (Å²) in [6.45, 7) is 2.42. The van der Waals surface area contributed by atoms with Crippen LogP contribution in [0, 0.1) is 0 Å². The van der Waals surface area contributed by atoms with Crippen molar-refractivity contribution in [1.29, 1.82) is 0 Å². The van der Waals surface area contributed by atoms with Crippen molar-refractivity contribution in [2.75, 3.05) is 13.2 Å². The summed E-state index contributed by atoms with van der Waals surface area (Å²) in [6.07, 6.45) is 2.11. The van der Waals surface area contributed by atoms with Gasteiger partial charge in [-0.05, 0) is 77.4 Å². The fraction of sp³-hybridized carbons (Fsp3) is 0.345. The molecule has 39 heavy (non-hydrogen) atoms. The Morgan fingerprint density at radius 3 is 2.46 bits per heavy atom. The molecule has 0 unspecified atom stereocenters. The van der Waals surface area contributed by atoms with Gasteiger partial charge in [-0.25, -0.2) is 9.59 Å². The third-order valence-electron chi connectivity index (χ3n) is 7.18. The molecule has 1 saturated carbocycles. The van der Waals surface area contributed by atoms with E-state index in [0.717, 1.165) is 52.3 Å². The summed E-state index contributed by atoms with van der Waals surface area (Å²) in [5.41, 5.74) is 2.89. The molecule has 0 atom stereocenters. The highest BCUT2D eigenvalue weighted by Crippen LogP contribution is 2.34. The largest absolute Gasteiger partial charge is 0.506 e. The lowest BCUT2D eigenvalue weighted by atomic mass is 9.84. The van der Waals surface area contributed by atoms with Gasteiger partial charge in [0.25, 0.3) is 0 Å². The van der Waals surface area contributed by atoms with Crippen LogP contribution in [0.5, 0.6) is 0 Å². The number of carbonyl (C=O) groups is 2. The molecular weight excluding hydrogens is 498 g/mol. The second-order valence-electron chi connectivity index (χ2n) is 9.84. The van der Waals surface area contributed by atoms with Gasteiger partial charge in [0.15, 0.2) is 0 Å². The number of amides is 1. The van der Waals surface area contributed by atoms with Gasteiger partial charge < -0.3 is 14.6 Å². The minimum absolute atomic E-state index is 0.155. The highest BCUT2D eigenvalue weighted by atomic mass is 16.7. The molecule has 1 aliphatic rings. The molecule has 3 aromatic carbocycles. The van der Waals surface area contributed by atoms with E-state index in [2.05, 4.69) is 26.7 Å². The number of H-pyrrole nitrogens is 1. The molecule has 0 bridgehead atoms. The van der Waals surface area contributed by atoms with Crippen molar-refractivity contribution in [1.82, 2.24) is 25.5 Å². The molecule has 0 spiro atoms. The van der Waals surface area contributed by atoms with E-state index in [1.807, 2.05) is 54.6 Å². The average molecular weight is 530 g/mol. The Bertz CT molecular complexity index is 1450. The summed E-state index contributed by atoms with van der Waals surface area (Å²) in [5, 5.41) is 25.9. The second kappa shape index (κ2) is 11.5. The van der Waals surface area contributed by atoms with E-state index in [1.54, 1.807) is 11.8 Å². The lowest BCUT2D eigenvalue weighted by Gasteiger charge is -2.39. The molecule has 10 nitrogen and oxygen atoms in total. The van der Waals surface area contributed by atoms with Crippen molar-refractivity contribution in [3.05, 3.63) is 66.2 Å². The predicted molar refractivity (Wildman–Crippen MR) is 145 cm³/mol. The van der Waals surface area contributed by atoms with E-state index in [-0.39, 0.29) is 19.7 Å². The molecule has 1 heterocycles. The van der Waals surface area contributed by atoms with E-state index >= 15 is 0 Å². The molecule has 2 N–H and O–H groups in total. The number of hydrogen-bond donors (Lipinski definition) is 2. The Balaban J connectivity index is 1.41. The molecule has 1 aromatic heterocycles. The molecule has 1 fully saturated rings. The number of hydrogen-bond acceptors (Lipinski definition) is 7. The van der Waals surface area contributed by atoms with E-state index in [0.29, 0.717) is 18.7 Å². The van der Waals surface area contributed by atoms with Gasteiger partial charge >= 0.3 is 12.2 Å². The van der Waals surface area contributed by atoms with Crippen LogP contribution in [-0.4, -0.2) is 61.6 Å². The van der Waals surface area contributed by atoms with Crippen molar-refractivity contribution >= 4 is 23.0 Å². The minimum atomic E-state index is -1.32. The first kappa shape index (κ1) is 26.1. The molecule has 202 valence electrons. The number of benzene rings is 3. The minimum Gasteiger partial charge on any atom is -0.450 e. The number of carboxylic acid groups (broad SMARTS) is 1. The van der Waals surface area contributed by atoms with Gasteiger partial charge in [-0.2, -0.15) is 5.21 Å². The fourth-order valence-corrected chi connectivity index (χ4v) is 5.41. The number of tetrazole rings is 1. The number of rotatable bonds is 8. The molecule has 4 aromatic rings. The van der Waals surface area contributed by atoms with Crippen LogP contribution in [0.1, 0.15) is 44.6 Å². The van der Waals surface area contributed by atoms with Crippen molar-refractivity contribution in [3.63, 3.8) is 0 Å². The number of nitrogens with one attached hydrogen (secondary N) is 1. The number of carbonyl (C=O) groups excluding carboxylic acids is 1. The number of fused-ring (bicyclic) bond motifs is 1. The summed E-state index contributed by atoms with van der Waals surface area (Å²) < 4.78 is 10.7. The molecule has 0 aliphatic heterocycles. The quantitative estimate of drug-likeness (QED) is 0.264. The van der Waals surface area contributed by atoms with Crippen molar-refractivity contribution in [2.45, 2.75) is 51.2 Å². The highest BCUT2D eigenvalue weighted by Gasteiger charge is 2.39. The van der Waals surface area contributed by atoms with Crippen LogP contribution in [0.4, 0.5) is 9.59 Å². The zero-order valence-corrected chi connectivity index (χ0v) is 21.8. The standard InChI is InChI=1S/C29H31N5O5/c1-2-38-27(35)34(19-29(39-28(36)37)14-6-3-7-15-29)18-20-10-11-22-17-23(13-12-21(22)16-20)24-8-4-5-9-25(24)26-30-32-33-31-26/h4-5,8-13,16-17H,2-3,6-7,14-15,18-19H2,1H3,(H,36,37)(H,30,31,32,33). The van der Waals surface area contributed by atoms with Gasteiger partial charge in [-0.3, -0.25) is 4.90 Å². The third-order valence-corrected chi connectivity index (χ3v) is 7.18. The highest BCUT2D eigenvalue weighted by molar-refractivity contribution is 5.90.